The minimum absolute atomic E-state index is 0.00250. The van der Waals surface area contributed by atoms with Gasteiger partial charge in [-0.05, 0) is 29.8 Å². The van der Waals surface area contributed by atoms with Gasteiger partial charge in [0.05, 0.1) is 4.90 Å². The molecule has 0 amide bonds. The van der Waals surface area contributed by atoms with Gasteiger partial charge in [0.15, 0.2) is 22.5 Å². The third-order valence-corrected chi connectivity index (χ3v) is 6.59. The molecule has 11 heteroatoms. The second-order valence-electron chi connectivity index (χ2n) is 6.26. The molecule has 31 heavy (non-hydrogen) atoms. The number of benzene rings is 2. The van der Waals surface area contributed by atoms with Crippen molar-refractivity contribution in [2.45, 2.75) is 34.7 Å². The average Bonchev–Trinajstić information content (AvgIpc) is 3.13. The number of thioether (sulfide) groups is 1. The Kier molecular flexibility index (Phi) is 7.39. The van der Waals surface area contributed by atoms with Crippen LogP contribution in [0.3, 0.4) is 0 Å². The van der Waals surface area contributed by atoms with Crippen molar-refractivity contribution >= 4 is 21.6 Å². The lowest BCUT2D eigenvalue weighted by Gasteiger charge is -2.10. The van der Waals surface area contributed by atoms with Crippen molar-refractivity contribution in [2.75, 3.05) is 0 Å². The second-order valence-corrected chi connectivity index (χ2v) is 9.12. The van der Waals surface area contributed by atoms with Crippen LogP contribution in [0.4, 0.5) is 13.2 Å². The van der Waals surface area contributed by atoms with Crippen LogP contribution in [-0.4, -0.2) is 28.9 Å². The largest absolute Gasteiger partial charge is 0.483 e. The molecule has 0 radical (unpaired) electrons. The van der Waals surface area contributed by atoms with Crippen LogP contribution < -0.4 is 4.74 Å². The number of hydrogen-bond acceptors (Lipinski definition) is 6. The highest BCUT2D eigenvalue weighted by molar-refractivity contribution is 7.98. The standard InChI is InChI=1S/C20H18F3N3O3S2/c1-2-11-26-18(12-29-17-6-4-3-5-16(17)21)24-25-20(26)30-13-14-7-9-15(10-8-14)31(27,28)19(22)23/h2-10,19H,1,11-13H2. The second kappa shape index (κ2) is 10.0. The maximum atomic E-state index is 13.7. The molecule has 0 N–H and O–H groups in total. The first-order chi connectivity index (χ1) is 14.8. The first kappa shape index (κ1) is 22.9. The van der Waals surface area contributed by atoms with E-state index < -0.39 is 26.3 Å². The van der Waals surface area contributed by atoms with Gasteiger partial charge in [-0.25, -0.2) is 12.8 Å². The lowest BCUT2D eigenvalue weighted by molar-refractivity contribution is 0.234. The minimum Gasteiger partial charge on any atom is -0.483 e. The Morgan fingerprint density at radius 1 is 1.13 bits per heavy atom. The summed E-state index contributed by atoms with van der Waals surface area (Å²) >= 11 is 1.32. The van der Waals surface area contributed by atoms with E-state index in [4.69, 9.17) is 4.74 Å². The molecular formula is C20H18F3N3O3S2. The van der Waals surface area contributed by atoms with Gasteiger partial charge in [0, 0.05) is 12.3 Å². The Balaban J connectivity index is 1.69. The molecule has 1 heterocycles. The van der Waals surface area contributed by atoms with Gasteiger partial charge in [-0.1, -0.05) is 42.1 Å². The van der Waals surface area contributed by atoms with Gasteiger partial charge in [0.25, 0.3) is 0 Å². The highest BCUT2D eigenvalue weighted by Crippen LogP contribution is 2.25. The van der Waals surface area contributed by atoms with Gasteiger partial charge in [0.1, 0.15) is 6.61 Å². The van der Waals surface area contributed by atoms with Gasteiger partial charge in [-0.2, -0.15) is 8.78 Å². The highest BCUT2D eigenvalue weighted by Gasteiger charge is 2.26. The van der Waals surface area contributed by atoms with E-state index in [9.17, 15) is 21.6 Å². The summed E-state index contributed by atoms with van der Waals surface area (Å²) in [6, 6.07) is 11.3. The summed E-state index contributed by atoms with van der Waals surface area (Å²) in [6.07, 6.45) is 1.66. The molecule has 0 aliphatic rings. The summed E-state index contributed by atoms with van der Waals surface area (Å²) in [6.45, 7) is 4.11. The normalized spacial score (nSPS) is 11.6. The van der Waals surface area contributed by atoms with Crippen LogP contribution in [0.5, 0.6) is 5.75 Å². The summed E-state index contributed by atoms with van der Waals surface area (Å²) in [4.78, 5) is -0.432. The number of ether oxygens (including phenoxy) is 1. The Labute approximate surface area is 181 Å². The molecule has 2 aromatic carbocycles. The first-order valence-corrected chi connectivity index (χ1v) is 11.5. The van der Waals surface area contributed by atoms with E-state index in [0.717, 1.165) is 17.7 Å². The maximum absolute atomic E-state index is 13.7. The van der Waals surface area contributed by atoms with E-state index in [1.54, 1.807) is 22.8 Å². The quantitative estimate of drug-likeness (QED) is 0.322. The number of rotatable bonds is 10. The lowest BCUT2D eigenvalue weighted by atomic mass is 10.2. The van der Waals surface area contributed by atoms with Crippen molar-refractivity contribution < 1.29 is 26.3 Å². The molecule has 0 spiro atoms. The number of halogens is 3. The van der Waals surface area contributed by atoms with E-state index in [1.807, 2.05) is 0 Å². The molecule has 164 valence electrons. The molecule has 0 unspecified atom stereocenters. The van der Waals surface area contributed by atoms with Crippen LogP contribution in [0, 0.1) is 5.82 Å². The molecule has 0 atom stereocenters. The molecular weight excluding hydrogens is 451 g/mol. The van der Waals surface area contributed by atoms with Gasteiger partial charge in [-0.3, -0.25) is 4.57 Å². The molecule has 1 aromatic heterocycles. The molecule has 0 aliphatic carbocycles. The molecule has 0 saturated carbocycles. The number of aromatic nitrogens is 3. The van der Waals surface area contributed by atoms with Crippen molar-refractivity contribution in [1.29, 1.82) is 0 Å². The average molecular weight is 470 g/mol. The summed E-state index contributed by atoms with van der Waals surface area (Å²) in [5, 5.41) is 8.77. The Morgan fingerprint density at radius 2 is 1.84 bits per heavy atom. The Morgan fingerprint density at radius 3 is 2.48 bits per heavy atom. The zero-order chi connectivity index (χ0) is 22.4. The SMILES string of the molecule is C=CCn1c(COc2ccccc2F)nnc1SCc1ccc(S(=O)(=O)C(F)F)cc1. The maximum Gasteiger partial charge on any atom is 0.341 e. The summed E-state index contributed by atoms with van der Waals surface area (Å²) in [5.74, 6) is -2.97. The van der Waals surface area contributed by atoms with E-state index in [2.05, 4.69) is 16.8 Å². The molecule has 0 bridgehead atoms. The number of para-hydroxylation sites is 1. The molecule has 3 rings (SSSR count). The van der Waals surface area contributed by atoms with Gasteiger partial charge < -0.3 is 4.74 Å². The first-order valence-electron chi connectivity index (χ1n) is 8.97. The van der Waals surface area contributed by atoms with Crippen LogP contribution in [0.2, 0.25) is 0 Å². The smallest absolute Gasteiger partial charge is 0.341 e. The fourth-order valence-electron chi connectivity index (χ4n) is 2.58. The number of sulfone groups is 1. The molecule has 0 aliphatic heterocycles. The van der Waals surface area contributed by atoms with Crippen molar-refractivity contribution in [1.82, 2.24) is 14.8 Å². The van der Waals surface area contributed by atoms with E-state index >= 15 is 0 Å². The summed E-state index contributed by atoms with van der Waals surface area (Å²) < 4.78 is 69.3. The molecule has 6 nitrogen and oxygen atoms in total. The van der Waals surface area contributed by atoms with E-state index in [0.29, 0.717) is 23.3 Å². The number of nitrogens with zero attached hydrogens (tertiary/aromatic N) is 3. The number of alkyl halides is 2. The van der Waals surface area contributed by atoms with Crippen molar-refractivity contribution in [3.63, 3.8) is 0 Å². The Bertz CT molecular complexity index is 1150. The third-order valence-electron chi connectivity index (χ3n) is 4.15. The fraction of sp³-hybridized carbons (Fsp3) is 0.200. The fourth-order valence-corrected chi connectivity index (χ4v) is 4.22. The predicted molar refractivity (Wildman–Crippen MR) is 110 cm³/mol. The minimum atomic E-state index is -4.62. The topological polar surface area (TPSA) is 74.1 Å². The molecule has 0 fully saturated rings. The van der Waals surface area contributed by atoms with Gasteiger partial charge in [-0.15, -0.1) is 16.8 Å². The summed E-state index contributed by atoms with van der Waals surface area (Å²) in [5.41, 5.74) is 0.718. The highest BCUT2D eigenvalue weighted by atomic mass is 32.2. The summed E-state index contributed by atoms with van der Waals surface area (Å²) in [7, 11) is -4.62. The van der Waals surface area contributed by atoms with Crippen molar-refractivity contribution in [3.05, 3.63) is 78.4 Å². The number of allylic oxidation sites excluding steroid dienone is 1. The van der Waals surface area contributed by atoms with Crippen molar-refractivity contribution in [3.8, 4) is 5.75 Å². The molecule has 3 aromatic rings. The van der Waals surface area contributed by atoms with Crippen LogP contribution in [0.25, 0.3) is 0 Å². The monoisotopic (exact) mass is 469 g/mol. The predicted octanol–water partition coefficient (Wildman–Crippen LogP) is 4.47. The van der Waals surface area contributed by atoms with Crippen LogP contribution in [0.15, 0.2) is 71.2 Å². The van der Waals surface area contributed by atoms with E-state index in [1.165, 1.54) is 36.0 Å². The van der Waals surface area contributed by atoms with Crippen LogP contribution in [0.1, 0.15) is 11.4 Å². The van der Waals surface area contributed by atoms with Crippen LogP contribution >= 0.6 is 11.8 Å². The van der Waals surface area contributed by atoms with Crippen LogP contribution in [-0.2, 0) is 28.7 Å². The Hall–Kier alpha value is -2.79. The van der Waals surface area contributed by atoms with E-state index in [-0.39, 0.29) is 12.4 Å². The lowest BCUT2D eigenvalue weighted by Crippen LogP contribution is -2.11. The molecule has 0 saturated heterocycles. The van der Waals surface area contributed by atoms with Gasteiger partial charge in [0.2, 0.25) is 9.84 Å². The number of hydrogen-bond donors (Lipinski definition) is 0. The van der Waals surface area contributed by atoms with Crippen molar-refractivity contribution in [2.24, 2.45) is 0 Å². The zero-order valence-electron chi connectivity index (χ0n) is 16.1. The zero-order valence-corrected chi connectivity index (χ0v) is 17.8. The van der Waals surface area contributed by atoms with Gasteiger partial charge >= 0.3 is 5.76 Å². The third kappa shape index (κ3) is 5.47.